The highest BCUT2D eigenvalue weighted by Gasteiger charge is 2.51. The lowest BCUT2D eigenvalue weighted by Crippen LogP contribution is -2.57. The number of rotatable bonds is 9. The van der Waals surface area contributed by atoms with Gasteiger partial charge in [-0.15, -0.1) is 0 Å². The second-order valence-electron chi connectivity index (χ2n) is 4.55. The summed E-state index contributed by atoms with van der Waals surface area (Å²) in [6.45, 7) is 7.39. The largest absolute Gasteiger partial charge is 0.465 e. The van der Waals surface area contributed by atoms with Crippen molar-refractivity contribution in [3.63, 3.8) is 0 Å². The van der Waals surface area contributed by atoms with Crippen LogP contribution in [0.15, 0.2) is 0 Å². The third-order valence-corrected chi connectivity index (χ3v) is 4.44. The molecule has 0 saturated heterocycles. The lowest BCUT2D eigenvalue weighted by molar-refractivity contribution is -0.151. The predicted octanol–water partition coefficient (Wildman–Crippen LogP) is 2.45. The molecular formula is C13H25NO2S. The molecule has 0 aliphatic heterocycles. The summed E-state index contributed by atoms with van der Waals surface area (Å²) in [6.07, 6.45) is 3.46. The van der Waals surface area contributed by atoms with Crippen LogP contribution < -0.4 is 5.32 Å². The fraction of sp³-hybridized carbons (Fsp3) is 0.923. The van der Waals surface area contributed by atoms with E-state index < -0.39 is 5.54 Å². The topological polar surface area (TPSA) is 38.3 Å². The van der Waals surface area contributed by atoms with Crippen molar-refractivity contribution in [1.82, 2.24) is 5.32 Å². The summed E-state index contributed by atoms with van der Waals surface area (Å²) >= 11 is 1.86. The maximum Gasteiger partial charge on any atom is 0.327 e. The molecule has 0 aromatic carbocycles. The smallest absolute Gasteiger partial charge is 0.327 e. The number of nitrogens with one attached hydrogen (secondary N) is 1. The molecule has 100 valence electrons. The summed E-state index contributed by atoms with van der Waals surface area (Å²) in [6, 6.07) is 0. The summed E-state index contributed by atoms with van der Waals surface area (Å²) in [5, 5.41) is 3.41. The van der Waals surface area contributed by atoms with E-state index in [0.29, 0.717) is 12.5 Å². The lowest BCUT2D eigenvalue weighted by Gasteiger charge is -2.32. The average molecular weight is 259 g/mol. The van der Waals surface area contributed by atoms with Crippen LogP contribution in [0.4, 0.5) is 0 Å². The number of carbonyl (C=O) groups excluding carboxylic acids is 1. The molecule has 0 radical (unpaired) electrons. The van der Waals surface area contributed by atoms with Crippen molar-refractivity contribution in [3.8, 4) is 0 Å². The molecule has 0 spiro atoms. The number of esters is 1. The van der Waals surface area contributed by atoms with Gasteiger partial charge in [0.2, 0.25) is 0 Å². The average Bonchev–Trinajstić information content (AvgIpc) is 3.12. The lowest BCUT2D eigenvalue weighted by atomic mass is 9.95. The zero-order valence-electron chi connectivity index (χ0n) is 11.3. The molecule has 17 heavy (non-hydrogen) atoms. The molecule has 1 fully saturated rings. The van der Waals surface area contributed by atoms with Crippen LogP contribution in [-0.4, -0.2) is 36.2 Å². The molecule has 1 aliphatic rings. The van der Waals surface area contributed by atoms with Gasteiger partial charge in [-0.1, -0.05) is 13.8 Å². The van der Waals surface area contributed by atoms with Crippen LogP contribution in [0.2, 0.25) is 0 Å². The van der Waals surface area contributed by atoms with Crippen LogP contribution in [0, 0.1) is 5.92 Å². The Morgan fingerprint density at radius 1 is 1.41 bits per heavy atom. The molecule has 1 atom stereocenters. The Labute approximate surface area is 109 Å². The summed E-state index contributed by atoms with van der Waals surface area (Å²) in [7, 11) is 0. The summed E-state index contributed by atoms with van der Waals surface area (Å²) < 4.78 is 5.28. The van der Waals surface area contributed by atoms with Gasteiger partial charge in [0.15, 0.2) is 0 Å². The molecule has 0 aromatic heterocycles. The minimum absolute atomic E-state index is 0.0482. The molecule has 1 N–H and O–H groups in total. The minimum Gasteiger partial charge on any atom is -0.465 e. The summed E-state index contributed by atoms with van der Waals surface area (Å²) in [4.78, 5) is 12.2. The number of thioether (sulfide) groups is 1. The first-order chi connectivity index (χ1) is 8.21. The van der Waals surface area contributed by atoms with E-state index in [1.807, 2.05) is 18.7 Å². The Hall–Kier alpha value is -0.220. The number of carbonyl (C=O) groups is 1. The van der Waals surface area contributed by atoms with Crippen LogP contribution >= 0.6 is 11.8 Å². The molecule has 1 unspecified atom stereocenters. The first kappa shape index (κ1) is 14.8. The second-order valence-corrected chi connectivity index (χ2v) is 5.65. The molecule has 1 aliphatic carbocycles. The monoisotopic (exact) mass is 259 g/mol. The summed E-state index contributed by atoms with van der Waals surface area (Å²) in [5.74, 6) is 2.39. The van der Waals surface area contributed by atoms with E-state index in [-0.39, 0.29) is 5.97 Å². The van der Waals surface area contributed by atoms with Gasteiger partial charge in [-0.3, -0.25) is 4.79 Å². The molecular weight excluding hydrogens is 234 g/mol. The van der Waals surface area contributed by atoms with Crippen molar-refractivity contribution >= 4 is 17.7 Å². The molecule has 1 saturated carbocycles. The van der Waals surface area contributed by atoms with E-state index in [2.05, 4.69) is 19.2 Å². The van der Waals surface area contributed by atoms with Gasteiger partial charge in [-0.2, -0.15) is 11.8 Å². The van der Waals surface area contributed by atoms with Crippen LogP contribution in [0.1, 0.15) is 40.0 Å². The number of likely N-dealkylation sites (N-methyl/N-ethyl adjacent to an activating group) is 1. The fourth-order valence-electron chi connectivity index (χ4n) is 2.14. The van der Waals surface area contributed by atoms with Crippen LogP contribution in [-0.2, 0) is 9.53 Å². The van der Waals surface area contributed by atoms with E-state index in [1.54, 1.807) is 0 Å². The van der Waals surface area contributed by atoms with Crippen molar-refractivity contribution in [2.24, 2.45) is 5.92 Å². The number of hydrogen-bond acceptors (Lipinski definition) is 4. The maximum absolute atomic E-state index is 12.2. The number of hydrogen-bond donors (Lipinski definition) is 1. The second kappa shape index (κ2) is 7.27. The van der Waals surface area contributed by atoms with Gasteiger partial charge in [0.05, 0.1) is 6.61 Å². The number of ether oxygens (including phenoxy) is 1. The van der Waals surface area contributed by atoms with Gasteiger partial charge in [-0.05, 0) is 44.4 Å². The fourth-order valence-corrected chi connectivity index (χ4v) is 3.35. The van der Waals surface area contributed by atoms with Crippen molar-refractivity contribution in [2.45, 2.75) is 45.6 Å². The normalized spacial score (nSPS) is 18.8. The van der Waals surface area contributed by atoms with Crippen LogP contribution in [0.25, 0.3) is 0 Å². The molecule has 0 aromatic rings. The highest BCUT2D eigenvalue weighted by Crippen LogP contribution is 2.42. The van der Waals surface area contributed by atoms with Crippen molar-refractivity contribution in [3.05, 3.63) is 0 Å². The zero-order valence-corrected chi connectivity index (χ0v) is 12.1. The molecule has 0 heterocycles. The van der Waals surface area contributed by atoms with E-state index in [0.717, 1.165) is 37.3 Å². The third kappa shape index (κ3) is 3.88. The van der Waals surface area contributed by atoms with Crippen LogP contribution in [0.3, 0.4) is 0 Å². The SMILES string of the molecule is CCCSCC(NCC)(C(=O)OCC)C1CC1. The van der Waals surface area contributed by atoms with Crippen molar-refractivity contribution < 1.29 is 9.53 Å². The maximum atomic E-state index is 12.2. The molecule has 3 nitrogen and oxygen atoms in total. The third-order valence-electron chi connectivity index (χ3n) is 3.08. The van der Waals surface area contributed by atoms with E-state index in [4.69, 9.17) is 4.74 Å². The van der Waals surface area contributed by atoms with Gasteiger partial charge in [0, 0.05) is 5.75 Å². The van der Waals surface area contributed by atoms with Gasteiger partial charge >= 0.3 is 5.97 Å². The van der Waals surface area contributed by atoms with Crippen molar-refractivity contribution in [2.75, 3.05) is 24.7 Å². The first-order valence-corrected chi connectivity index (χ1v) is 7.86. The van der Waals surface area contributed by atoms with E-state index in [1.165, 1.54) is 0 Å². The minimum atomic E-state index is -0.426. The Morgan fingerprint density at radius 2 is 2.12 bits per heavy atom. The molecule has 4 heteroatoms. The highest BCUT2D eigenvalue weighted by molar-refractivity contribution is 7.99. The van der Waals surface area contributed by atoms with Gasteiger partial charge in [0.25, 0.3) is 0 Å². The van der Waals surface area contributed by atoms with E-state index >= 15 is 0 Å². The van der Waals surface area contributed by atoms with Gasteiger partial charge < -0.3 is 10.1 Å². The standard InChI is InChI=1S/C13H25NO2S/c1-4-9-17-10-13(14-5-2,11-7-8-11)12(15)16-6-3/h11,14H,4-10H2,1-3H3. The zero-order chi connectivity index (χ0) is 12.7. The Balaban J connectivity index is 2.68. The van der Waals surface area contributed by atoms with Gasteiger partial charge in [0.1, 0.15) is 5.54 Å². The van der Waals surface area contributed by atoms with Crippen molar-refractivity contribution in [1.29, 1.82) is 0 Å². The Bertz CT molecular complexity index is 244. The molecule has 0 amide bonds. The predicted molar refractivity (Wildman–Crippen MR) is 73.4 cm³/mol. The first-order valence-electron chi connectivity index (χ1n) is 6.71. The Morgan fingerprint density at radius 3 is 2.59 bits per heavy atom. The summed E-state index contributed by atoms with van der Waals surface area (Å²) in [5.41, 5.74) is -0.426. The highest BCUT2D eigenvalue weighted by atomic mass is 32.2. The molecule has 0 bridgehead atoms. The quantitative estimate of drug-likeness (QED) is 0.510. The Kier molecular flexibility index (Phi) is 6.34. The molecule has 1 rings (SSSR count). The van der Waals surface area contributed by atoms with Crippen LogP contribution in [0.5, 0.6) is 0 Å². The van der Waals surface area contributed by atoms with Gasteiger partial charge in [-0.25, -0.2) is 0 Å². The van der Waals surface area contributed by atoms with E-state index in [9.17, 15) is 4.79 Å².